The molecule has 0 bridgehead atoms. The Bertz CT molecular complexity index is 227. The highest BCUT2D eigenvalue weighted by Crippen LogP contribution is 2.57. The van der Waals surface area contributed by atoms with Gasteiger partial charge in [-0.3, -0.25) is 4.57 Å². The second-order valence-corrected chi connectivity index (χ2v) is 5.58. The number of ether oxygens (including phenoxy) is 2. The maximum absolute atomic E-state index is 11.6. The Labute approximate surface area is 97.3 Å². The van der Waals surface area contributed by atoms with Crippen LogP contribution in [0.3, 0.4) is 0 Å². The maximum atomic E-state index is 11.6. The lowest BCUT2D eigenvalue weighted by Crippen LogP contribution is -2.44. The van der Waals surface area contributed by atoms with Crippen LogP contribution in [0.1, 0.15) is 40.5 Å². The van der Waals surface area contributed by atoms with E-state index in [9.17, 15) is 14.4 Å². The molecular weight excluding hydrogens is 231 g/mol. The molecule has 2 N–H and O–H groups in total. The van der Waals surface area contributed by atoms with Crippen molar-refractivity contribution < 1.29 is 23.8 Å². The van der Waals surface area contributed by atoms with E-state index in [1.807, 2.05) is 0 Å². The van der Waals surface area contributed by atoms with Gasteiger partial charge in [0, 0.05) is 13.2 Å². The third kappa shape index (κ3) is 3.28. The largest absolute Gasteiger partial charge is 0.352 e. The van der Waals surface area contributed by atoms with Crippen molar-refractivity contribution >= 4 is 7.60 Å². The van der Waals surface area contributed by atoms with Crippen molar-refractivity contribution in [3.05, 3.63) is 0 Å². The second-order valence-electron chi connectivity index (χ2n) is 3.60. The summed E-state index contributed by atoms with van der Waals surface area (Å²) in [6.45, 7) is 7.78. The van der Waals surface area contributed by atoms with Gasteiger partial charge in [0.05, 0.1) is 0 Å². The zero-order chi connectivity index (χ0) is 12.8. The molecule has 0 aliphatic rings. The van der Waals surface area contributed by atoms with Gasteiger partial charge < -0.3 is 19.3 Å². The van der Waals surface area contributed by atoms with Crippen LogP contribution in [0.5, 0.6) is 0 Å². The highest BCUT2D eigenvalue weighted by atomic mass is 31.2. The first kappa shape index (κ1) is 16.1. The van der Waals surface area contributed by atoms with Gasteiger partial charge in [-0.05, 0) is 26.7 Å². The minimum Gasteiger partial charge on any atom is -0.352 e. The summed E-state index contributed by atoms with van der Waals surface area (Å²) in [5.74, 6) is 0. The number of hydrogen-bond acceptors (Lipinski definition) is 3. The zero-order valence-corrected chi connectivity index (χ0v) is 11.4. The summed E-state index contributed by atoms with van der Waals surface area (Å²) < 4.78 is 22.3. The summed E-state index contributed by atoms with van der Waals surface area (Å²) in [7, 11) is -4.27. The fraction of sp³-hybridized carbons (Fsp3) is 1.00. The molecule has 0 heterocycles. The molecule has 5 nitrogen and oxygen atoms in total. The van der Waals surface area contributed by atoms with Gasteiger partial charge in [0.25, 0.3) is 0 Å². The van der Waals surface area contributed by atoms with Gasteiger partial charge in [-0.25, -0.2) is 0 Å². The highest BCUT2D eigenvalue weighted by Gasteiger charge is 2.51. The van der Waals surface area contributed by atoms with Crippen LogP contribution in [0, 0.1) is 0 Å². The van der Waals surface area contributed by atoms with Crippen molar-refractivity contribution in [3.8, 4) is 0 Å². The molecule has 16 heavy (non-hydrogen) atoms. The molecule has 6 heteroatoms. The van der Waals surface area contributed by atoms with Crippen LogP contribution in [0.2, 0.25) is 0 Å². The Morgan fingerprint density at radius 2 is 1.44 bits per heavy atom. The van der Waals surface area contributed by atoms with Gasteiger partial charge in [0.2, 0.25) is 0 Å². The van der Waals surface area contributed by atoms with Crippen molar-refractivity contribution in [2.24, 2.45) is 0 Å². The quantitative estimate of drug-likeness (QED) is 0.512. The fourth-order valence-corrected chi connectivity index (χ4v) is 3.04. The van der Waals surface area contributed by atoms with Crippen molar-refractivity contribution in [1.29, 1.82) is 0 Å². The van der Waals surface area contributed by atoms with E-state index in [4.69, 9.17) is 9.47 Å². The minimum atomic E-state index is -4.27. The van der Waals surface area contributed by atoms with E-state index in [0.717, 1.165) is 0 Å². The molecule has 0 atom stereocenters. The maximum Gasteiger partial charge on any atom is 0.336 e. The van der Waals surface area contributed by atoms with Crippen LogP contribution in [0.25, 0.3) is 0 Å². The lowest BCUT2D eigenvalue weighted by molar-refractivity contribution is -0.162. The Kier molecular flexibility index (Phi) is 6.75. The Hall–Kier alpha value is 0.0700. The van der Waals surface area contributed by atoms with E-state index in [-0.39, 0.29) is 0 Å². The fourth-order valence-electron chi connectivity index (χ4n) is 1.79. The SMILES string of the molecule is CCOC(OCC)C(CC)(CC)P(=O)(O)O. The van der Waals surface area contributed by atoms with Gasteiger partial charge >= 0.3 is 7.60 Å². The Morgan fingerprint density at radius 3 is 1.62 bits per heavy atom. The minimum absolute atomic E-state index is 0.318. The van der Waals surface area contributed by atoms with Crippen molar-refractivity contribution in [3.63, 3.8) is 0 Å². The Balaban J connectivity index is 5.18. The lowest BCUT2D eigenvalue weighted by Gasteiger charge is -2.38. The smallest absolute Gasteiger partial charge is 0.336 e. The van der Waals surface area contributed by atoms with Crippen LogP contribution in [-0.2, 0) is 14.0 Å². The molecule has 0 spiro atoms. The molecule has 0 radical (unpaired) electrons. The van der Waals surface area contributed by atoms with E-state index >= 15 is 0 Å². The van der Waals surface area contributed by atoms with Gasteiger partial charge in [0.1, 0.15) is 5.16 Å². The first-order chi connectivity index (χ1) is 7.39. The topological polar surface area (TPSA) is 76.0 Å². The molecule has 0 aromatic carbocycles. The summed E-state index contributed by atoms with van der Waals surface area (Å²) in [5, 5.41) is -1.24. The van der Waals surface area contributed by atoms with Crippen molar-refractivity contribution in [1.82, 2.24) is 0 Å². The molecule has 0 aromatic rings. The average Bonchev–Trinajstić information content (AvgIpc) is 2.19. The van der Waals surface area contributed by atoms with Gasteiger partial charge in [0.15, 0.2) is 6.29 Å². The molecule has 98 valence electrons. The summed E-state index contributed by atoms with van der Waals surface area (Å²) in [6, 6.07) is 0. The third-order valence-electron chi connectivity index (χ3n) is 2.88. The lowest BCUT2D eigenvalue weighted by atomic mass is 10.0. The molecule has 0 fully saturated rings. The molecular formula is C10H23O5P. The molecule has 0 aromatic heterocycles. The van der Waals surface area contributed by atoms with Crippen LogP contribution >= 0.6 is 7.60 Å². The number of hydrogen-bond donors (Lipinski definition) is 2. The predicted octanol–water partition coefficient (Wildman–Crippen LogP) is 2.12. The van der Waals surface area contributed by atoms with E-state index in [1.165, 1.54) is 0 Å². The van der Waals surface area contributed by atoms with E-state index in [2.05, 4.69) is 0 Å². The molecule has 0 saturated heterocycles. The number of rotatable bonds is 8. The first-order valence-corrected chi connectivity index (χ1v) is 7.29. The Morgan fingerprint density at radius 1 is 1.06 bits per heavy atom. The van der Waals surface area contributed by atoms with Crippen molar-refractivity contribution in [2.75, 3.05) is 13.2 Å². The van der Waals surface area contributed by atoms with Gasteiger partial charge in [-0.1, -0.05) is 13.8 Å². The molecule has 0 saturated carbocycles. The second kappa shape index (κ2) is 6.72. The molecule has 0 unspecified atom stereocenters. The van der Waals surface area contributed by atoms with Crippen LogP contribution in [0.4, 0.5) is 0 Å². The molecule has 0 aliphatic carbocycles. The zero-order valence-electron chi connectivity index (χ0n) is 10.5. The summed E-state index contributed by atoms with van der Waals surface area (Å²) >= 11 is 0. The third-order valence-corrected chi connectivity index (χ3v) is 4.88. The summed E-state index contributed by atoms with van der Waals surface area (Å²) in [6.07, 6.45) is -0.213. The molecule has 0 amide bonds. The monoisotopic (exact) mass is 254 g/mol. The van der Waals surface area contributed by atoms with Crippen LogP contribution in [0.15, 0.2) is 0 Å². The normalized spacial score (nSPS) is 13.4. The van der Waals surface area contributed by atoms with Gasteiger partial charge in [-0.15, -0.1) is 0 Å². The molecule has 0 aliphatic heterocycles. The van der Waals surface area contributed by atoms with Crippen LogP contribution < -0.4 is 0 Å². The standard InChI is InChI=1S/C10H23O5P/c1-5-10(6-2,16(11,12)13)9(14-7-3)15-8-4/h9H,5-8H2,1-4H3,(H2,11,12,13). The highest BCUT2D eigenvalue weighted by molar-refractivity contribution is 7.53. The summed E-state index contributed by atoms with van der Waals surface area (Å²) in [4.78, 5) is 19.0. The molecule has 0 rings (SSSR count). The average molecular weight is 254 g/mol. The van der Waals surface area contributed by atoms with E-state index < -0.39 is 19.0 Å². The summed E-state index contributed by atoms with van der Waals surface area (Å²) in [5.41, 5.74) is 0. The van der Waals surface area contributed by atoms with Crippen LogP contribution in [-0.4, -0.2) is 34.4 Å². The van der Waals surface area contributed by atoms with E-state index in [0.29, 0.717) is 26.1 Å². The first-order valence-electron chi connectivity index (χ1n) is 5.68. The van der Waals surface area contributed by atoms with Gasteiger partial charge in [-0.2, -0.15) is 0 Å². The predicted molar refractivity (Wildman–Crippen MR) is 62.4 cm³/mol. The van der Waals surface area contributed by atoms with Crippen molar-refractivity contribution in [2.45, 2.75) is 52.0 Å². The van der Waals surface area contributed by atoms with E-state index in [1.54, 1.807) is 27.7 Å².